The van der Waals surface area contributed by atoms with Gasteiger partial charge in [0.15, 0.2) is 5.69 Å². The van der Waals surface area contributed by atoms with E-state index in [1.807, 2.05) is 20.8 Å². The van der Waals surface area contributed by atoms with E-state index >= 15 is 0 Å². The molecule has 0 radical (unpaired) electrons. The first kappa shape index (κ1) is 18.2. The maximum Gasteiger partial charge on any atom is 0.410 e. The standard InChI is InChI=1S/C17H24N4O5/c1-5-25-15(23)12-13-14(22)18-6-10-7-20(16(24)26-17(2,3)4)8-11(10)21(13)9-19-12/h9-11H,5-8H2,1-4H3,(H,18,22)/t10-,11+/m1/s1. The van der Waals surface area contributed by atoms with Crippen LogP contribution in [0.2, 0.25) is 0 Å². The summed E-state index contributed by atoms with van der Waals surface area (Å²) < 4.78 is 12.1. The third-order valence-corrected chi connectivity index (χ3v) is 4.42. The van der Waals surface area contributed by atoms with Crippen molar-refractivity contribution in [2.45, 2.75) is 39.3 Å². The lowest BCUT2D eigenvalue weighted by Crippen LogP contribution is -2.37. The van der Waals surface area contributed by atoms with Gasteiger partial charge in [-0.05, 0) is 27.7 Å². The molecule has 3 rings (SSSR count). The summed E-state index contributed by atoms with van der Waals surface area (Å²) >= 11 is 0. The third kappa shape index (κ3) is 3.38. The van der Waals surface area contributed by atoms with Gasteiger partial charge in [0.2, 0.25) is 0 Å². The summed E-state index contributed by atoms with van der Waals surface area (Å²) in [5.41, 5.74) is -0.393. The highest BCUT2D eigenvalue weighted by Gasteiger charge is 2.42. The Morgan fingerprint density at radius 2 is 2.08 bits per heavy atom. The maximum atomic E-state index is 12.4. The van der Waals surface area contributed by atoms with Crippen molar-refractivity contribution in [2.24, 2.45) is 5.92 Å². The number of carbonyl (C=O) groups excluding carboxylic acids is 3. The molecular formula is C17H24N4O5. The monoisotopic (exact) mass is 364 g/mol. The molecule has 0 saturated carbocycles. The van der Waals surface area contributed by atoms with Crippen molar-refractivity contribution >= 4 is 18.0 Å². The van der Waals surface area contributed by atoms with Crippen LogP contribution in [0.25, 0.3) is 0 Å². The fraction of sp³-hybridized carbons (Fsp3) is 0.647. The first-order valence-corrected chi connectivity index (χ1v) is 8.71. The average molecular weight is 364 g/mol. The number of aromatic nitrogens is 2. The SMILES string of the molecule is CCOC(=O)c1ncn2c1C(=O)NC[C@@H]1CN(C(=O)OC(C)(C)C)C[C@@H]12. The molecule has 0 aliphatic carbocycles. The van der Waals surface area contributed by atoms with Crippen molar-refractivity contribution in [1.29, 1.82) is 0 Å². The zero-order chi connectivity index (χ0) is 19.1. The molecule has 2 atom stereocenters. The van der Waals surface area contributed by atoms with E-state index in [9.17, 15) is 14.4 Å². The van der Waals surface area contributed by atoms with Crippen molar-refractivity contribution < 1.29 is 23.9 Å². The Hall–Kier alpha value is -2.58. The summed E-state index contributed by atoms with van der Waals surface area (Å²) in [6.45, 7) is 8.61. The summed E-state index contributed by atoms with van der Waals surface area (Å²) in [6.07, 6.45) is 1.09. The van der Waals surface area contributed by atoms with Crippen molar-refractivity contribution in [3.8, 4) is 0 Å². The number of imidazole rings is 1. The summed E-state index contributed by atoms with van der Waals surface area (Å²) in [7, 11) is 0. The van der Waals surface area contributed by atoms with Crippen molar-refractivity contribution in [1.82, 2.24) is 19.8 Å². The molecule has 1 aromatic heterocycles. The van der Waals surface area contributed by atoms with Gasteiger partial charge in [0.25, 0.3) is 5.91 Å². The van der Waals surface area contributed by atoms with Gasteiger partial charge >= 0.3 is 12.1 Å². The molecule has 9 heteroatoms. The minimum Gasteiger partial charge on any atom is -0.461 e. The number of hydrogen-bond donors (Lipinski definition) is 1. The van der Waals surface area contributed by atoms with Crippen LogP contribution in [-0.4, -0.2) is 64.3 Å². The number of likely N-dealkylation sites (tertiary alicyclic amines) is 1. The second kappa shape index (κ2) is 6.62. The van der Waals surface area contributed by atoms with Crippen LogP contribution in [0.3, 0.4) is 0 Å². The molecule has 1 saturated heterocycles. The Morgan fingerprint density at radius 1 is 1.35 bits per heavy atom. The first-order chi connectivity index (χ1) is 12.2. The number of carbonyl (C=O) groups is 3. The number of rotatable bonds is 2. The Balaban J connectivity index is 1.87. The summed E-state index contributed by atoms with van der Waals surface area (Å²) in [5.74, 6) is -0.974. The van der Waals surface area contributed by atoms with Gasteiger partial charge in [-0.3, -0.25) is 4.79 Å². The Bertz CT molecular complexity index is 736. The smallest absolute Gasteiger partial charge is 0.410 e. The molecule has 0 spiro atoms. The Labute approximate surface area is 151 Å². The van der Waals surface area contributed by atoms with Gasteiger partial charge in [0.05, 0.1) is 19.0 Å². The molecule has 0 aromatic carbocycles. The van der Waals surface area contributed by atoms with Crippen molar-refractivity contribution in [3.63, 3.8) is 0 Å². The van der Waals surface area contributed by atoms with E-state index in [0.29, 0.717) is 19.6 Å². The highest BCUT2D eigenvalue weighted by Crippen LogP contribution is 2.32. The third-order valence-electron chi connectivity index (χ3n) is 4.42. The van der Waals surface area contributed by atoms with Crippen LogP contribution in [0, 0.1) is 5.92 Å². The second-order valence-electron chi connectivity index (χ2n) is 7.49. The van der Waals surface area contributed by atoms with Crippen LogP contribution in [-0.2, 0) is 9.47 Å². The molecule has 1 aromatic rings. The molecule has 3 heterocycles. The van der Waals surface area contributed by atoms with E-state index in [2.05, 4.69) is 10.3 Å². The highest BCUT2D eigenvalue weighted by atomic mass is 16.6. The lowest BCUT2D eigenvalue weighted by molar-refractivity contribution is 0.0283. The fourth-order valence-corrected chi connectivity index (χ4v) is 3.34. The zero-order valence-corrected chi connectivity index (χ0v) is 15.4. The highest BCUT2D eigenvalue weighted by molar-refractivity contribution is 6.03. The van der Waals surface area contributed by atoms with Crippen LogP contribution in [0.4, 0.5) is 4.79 Å². The summed E-state index contributed by atoms with van der Waals surface area (Å²) in [4.78, 5) is 42.6. The van der Waals surface area contributed by atoms with Crippen LogP contribution < -0.4 is 5.32 Å². The summed E-state index contributed by atoms with van der Waals surface area (Å²) in [6, 6.07) is -0.160. The maximum absolute atomic E-state index is 12.4. The lowest BCUT2D eigenvalue weighted by atomic mass is 10.0. The number of esters is 1. The van der Waals surface area contributed by atoms with Crippen LogP contribution in [0.5, 0.6) is 0 Å². The quantitative estimate of drug-likeness (QED) is 0.792. The van der Waals surface area contributed by atoms with Gasteiger partial charge < -0.3 is 24.3 Å². The van der Waals surface area contributed by atoms with E-state index in [-0.39, 0.29) is 42.0 Å². The summed E-state index contributed by atoms with van der Waals surface area (Å²) in [5, 5.41) is 2.82. The van der Waals surface area contributed by atoms with E-state index in [4.69, 9.17) is 9.47 Å². The molecule has 2 amide bonds. The van der Waals surface area contributed by atoms with E-state index < -0.39 is 11.6 Å². The molecule has 2 aliphatic rings. The molecule has 142 valence electrons. The Kier molecular flexibility index (Phi) is 4.64. The molecule has 1 N–H and O–H groups in total. The normalized spacial score (nSPS) is 22.2. The number of nitrogens with zero attached hydrogens (tertiary/aromatic N) is 3. The Morgan fingerprint density at radius 3 is 2.73 bits per heavy atom. The molecule has 1 fully saturated rings. The van der Waals surface area contributed by atoms with Crippen molar-refractivity contribution in [3.05, 3.63) is 17.7 Å². The number of ether oxygens (including phenoxy) is 2. The lowest BCUT2D eigenvalue weighted by Gasteiger charge is -2.24. The molecule has 2 aliphatic heterocycles. The van der Waals surface area contributed by atoms with E-state index in [1.165, 1.54) is 6.33 Å². The number of nitrogens with one attached hydrogen (secondary N) is 1. The predicted octanol–water partition coefficient (Wildman–Crippen LogP) is 1.21. The fourth-order valence-electron chi connectivity index (χ4n) is 3.34. The van der Waals surface area contributed by atoms with Gasteiger partial charge in [0.1, 0.15) is 11.3 Å². The number of fused-ring (bicyclic) bond motifs is 3. The topological polar surface area (TPSA) is 103 Å². The number of hydrogen-bond acceptors (Lipinski definition) is 6. The average Bonchev–Trinajstić information content (AvgIpc) is 3.12. The van der Waals surface area contributed by atoms with E-state index in [1.54, 1.807) is 16.4 Å². The first-order valence-electron chi connectivity index (χ1n) is 8.71. The van der Waals surface area contributed by atoms with E-state index in [0.717, 1.165) is 0 Å². The molecule has 0 unspecified atom stereocenters. The second-order valence-corrected chi connectivity index (χ2v) is 7.49. The minimum absolute atomic E-state index is 0.000665. The minimum atomic E-state index is -0.628. The molecule has 9 nitrogen and oxygen atoms in total. The molecule has 0 bridgehead atoms. The van der Waals surface area contributed by atoms with Crippen LogP contribution >= 0.6 is 0 Å². The van der Waals surface area contributed by atoms with Gasteiger partial charge in [-0.1, -0.05) is 0 Å². The number of amides is 2. The van der Waals surface area contributed by atoms with Gasteiger partial charge in [-0.25, -0.2) is 14.6 Å². The van der Waals surface area contributed by atoms with Gasteiger partial charge in [0, 0.05) is 25.6 Å². The zero-order valence-electron chi connectivity index (χ0n) is 15.4. The molecule has 26 heavy (non-hydrogen) atoms. The van der Waals surface area contributed by atoms with Crippen LogP contribution in [0.15, 0.2) is 6.33 Å². The van der Waals surface area contributed by atoms with Gasteiger partial charge in [-0.2, -0.15) is 0 Å². The largest absolute Gasteiger partial charge is 0.461 e. The predicted molar refractivity (Wildman–Crippen MR) is 90.9 cm³/mol. The van der Waals surface area contributed by atoms with Gasteiger partial charge in [-0.15, -0.1) is 0 Å². The molecular weight excluding hydrogens is 340 g/mol. The van der Waals surface area contributed by atoms with Crippen LogP contribution in [0.1, 0.15) is 54.7 Å². The van der Waals surface area contributed by atoms with Crippen molar-refractivity contribution in [2.75, 3.05) is 26.2 Å².